The molecule has 0 heterocycles. The molecular weight excluding hydrogens is 398 g/mol. The highest BCUT2D eigenvalue weighted by Crippen LogP contribution is 2.24. The molecule has 31 heavy (non-hydrogen) atoms. The van der Waals surface area contributed by atoms with Gasteiger partial charge in [0.2, 0.25) is 0 Å². The summed E-state index contributed by atoms with van der Waals surface area (Å²) in [7, 11) is 0. The second kappa shape index (κ2) is 10.7. The fraction of sp³-hybridized carbons (Fsp3) is 0.167. The summed E-state index contributed by atoms with van der Waals surface area (Å²) in [6.45, 7) is 0.262. The third-order valence-corrected chi connectivity index (χ3v) is 4.45. The van der Waals surface area contributed by atoms with Crippen LogP contribution in [0, 0.1) is 0 Å². The molecule has 3 aromatic carbocycles. The Morgan fingerprint density at radius 1 is 0.871 bits per heavy atom. The minimum Gasteiger partial charge on any atom is -0.508 e. The van der Waals surface area contributed by atoms with E-state index in [0.29, 0.717) is 17.9 Å². The number of ketones is 1. The Hall–Kier alpha value is -4.00. The van der Waals surface area contributed by atoms with Crippen molar-refractivity contribution in [2.24, 2.45) is 0 Å². The Bertz CT molecular complexity index is 1020. The molecule has 0 radical (unpaired) electrons. The standard InChI is InChI=1S/C24H23NO6/c26-19-10-6-17(7-11-19)8-13-22(27)21-12-9-18(16-23(21)28)25-24(29)31-15-14-30-20-4-2-1-3-5-20/h1-7,9-12,16,26,28H,8,13-15H2,(H,25,29). The number of anilines is 1. The van der Waals surface area contributed by atoms with Crippen molar-refractivity contribution in [2.45, 2.75) is 12.8 Å². The Balaban J connectivity index is 1.45. The molecule has 0 aliphatic heterocycles. The van der Waals surface area contributed by atoms with E-state index in [-0.39, 0.29) is 42.5 Å². The lowest BCUT2D eigenvalue weighted by Gasteiger charge is -2.10. The van der Waals surface area contributed by atoms with Gasteiger partial charge in [-0.1, -0.05) is 30.3 Å². The van der Waals surface area contributed by atoms with Gasteiger partial charge in [-0.05, 0) is 48.4 Å². The van der Waals surface area contributed by atoms with Crippen molar-refractivity contribution in [3.63, 3.8) is 0 Å². The molecule has 7 nitrogen and oxygen atoms in total. The summed E-state index contributed by atoms with van der Waals surface area (Å²) in [4.78, 5) is 24.3. The summed E-state index contributed by atoms with van der Waals surface area (Å²) in [6.07, 6.45) is -0.00714. The molecule has 3 rings (SSSR count). The highest BCUT2D eigenvalue weighted by atomic mass is 16.6. The van der Waals surface area contributed by atoms with E-state index in [0.717, 1.165) is 5.56 Å². The normalized spacial score (nSPS) is 10.3. The van der Waals surface area contributed by atoms with Crippen LogP contribution in [0.2, 0.25) is 0 Å². The summed E-state index contributed by atoms with van der Waals surface area (Å²) in [6, 6.07) is 20.1. The molecule has 0 aromatic heterocycles. The molecule has 0 aliphatic carbocycles. The van der Waals surface area contributed by atoms with E-state index in [1.54, 1.807) is 36.4 Å². The van der Waals surface area contributed by atoms with Crippen molar-refractivity contribution >= 4 is 17.6 Å². The van der Waals surface area contributed by atoms with Gasteiger partial charge < -0.3 is 19.7 Å². The quantitative estimate of drug-likeness (QED) is 0.346. The first kappa shape index (κ1) is 21.7. The van der Waals surface area contributed by atoms with Crippen molar-refractivity contribution < 1.29 is 29.3 Å². The van der Waals surface area contributed by atoms with Crippen LogP contribution in [0.5, 0.6) is 17.2 Å². The van der Waals surface area contributed by atoms with Gasteiger partial charge in [0, 0.05) is 18.2 Å². The average Bonchev–Trinajstić information content (AvgIpc) is 2.77. The highest BCUT2D eigenvalue weighted by molar-refractivity contribution is 5.99. The second-order valence-electron chi connectivity index (χ2n) is 6.74. The third-order valence-electron chi connectivity index (χ3n) is 4.45. The molecule has 0 aliphatic rings. The van der Waals surface area contributed by atoms with Crippen LogP contribution in [0.3, 0.4) is 0 Å². The van der Waals surface area contributed by atoms with Crippen molar-refractivity contribution in [3.05, 3.63) is 83.9 Å². The number of ether oxygens (including phenoxy) is 2. The molecule has 7 heteroatoms. The van der Waals surface area contributed by atoms with Crippen molar-refractivity contribution in [2.75, 3.05) is 18.5 Å². The number of para-hydroxylation sites is 1. The lowest BCUT2D eigenvalue weighted by Crippen LogP contribution is -2.17. The van der Waals surface area contributed by atoms with Crippen molar-refractivity contribution in [3.8, 4) is 17.2 Å². The zero-order valence-electron chi connectivity index (χ0n) is 16.8. The van der Waals surface area contributed by atoms with Gasteiger partial charge in [-0.15, -0.1) is 0 Å². The average molecular weight is 421 g/mol. The topological polar surface area (TPSA) is 105 Å². The number of carbonyl (C=O) groups excluding carboxylic acids is 2. The van der Waals surface area contributed by atoms with Crippen LogP contribution in [0.1, 0.15) is 22.3 Å². The van der Waals surface area contributed by atoms with Gasteiger partial charge in [0.05, 0.1) is 5.56 Å². The molecule has 0 saturated heterocycles. The van der Waals surface area contributed by atoms with Gasteiger partial charge in [0.15, 0.2) is 5.78 Å². The molecule has 0 bridgehead atoms. The fourth-order valence-electron chi connectivity index (χ4n) is 2.86. The minimum atomic E-state index is -0.692. The number of rotatable bonds is 9. The molecule has 1 amide bonds. The van der Waals surface area contributed by atoms with Crippen LogP contribution in [0.4, 0.5) is 10.5 Å². The molecule has 0 unspecified atom stereocenters. The van der Waals surface area contributed by atoms with E-state index in [4.69, 9.17) is 9.47 Å². The predicted molar refractivity (Wildman–Crippen MR) is 116 cm³/mol. The van der Waals surface area contributed by atoms with Crippen molar-refractivity contribution in [1.29, 1.82) is 0 Å². The number of hydrogen-bond donors (Lipinski definition) is 3. The van der Waals surface area contributed by atoms with E-state index < -0.39 is 6.09 Å². The van der Waals surface area contributed by atoms with Gasteiger partial charge in [0.1, 0.15) is 30.5 Å². The van der Waals surface area contributed by atoms with Crippen LogP contribution >= 0.6 is 0 Å². The fourth-order valence-corrected chi connectivity index (χ4v) is 2.86. The lowest BCUT2D eigenvalue weighted by atomic mass is 10.0. The van der Waals surface area contributed by atoms with Crippen LogP contribution in [-0.4, -0.2) is 35.3 Å². The van der Waals surface area contributed by atoms with Gasteiger partial charge >= 0.3 is 6.09 Å². The SMILES string of the molecule is O=C(Nc1ccc(C(=O)CCc2ccc(O)cc2)c(O)c1)OCCOc1ccccc1. The number of phenols is 2. The molecular formula is C24H23NO6. The number of benzene rings is 3. The molecule has 160 valence electrons. The third kappa shape index (κ3) is 6.78. The van der Waals surface area contributed by atoms with Gasteiger partial charge in [-0.2, -0.15) is 0 Å². The first-order valence-corrected chi connectivity index (χ1v) is 9.77. The molecule has 3 aromatic rings. The molecule has 0 fully saturated rings. The number of hydrogen-bond acceptors (Lipinski definition) is 6. The van der Waals surface area contributed by atoms with Crippen LogP contribution in [-0.2, 0) is 11.2 Å². The van der Waals surface area contributed by atoms with Crippen LogP contribution < -0.4 is 10.1 Å². The predicted octanol–water partition coefficient (Wildman–Crippen LogP) is 4.54. The highest BCUT2D eigenvalue weighted by Gasteiger charge is 2.13. The smallest absolute Gasteiger partial charge is 0.411 e. The Morgan fingerprint density at radius 3 is 2.32 bits per heavy atom. The maximum Gasteiger partial charge on any atom is 0.411 e. The van der Waals surface area contributed by atoms with Gasteiger partial charge in [0.25, 0.3) is 0 Å². The van der Waals surface area contributed by atoms with Gasteiger partial charge in [-0.3, -0.25) is 10.1 Å². The Labute approximate surface area is 179 Å². The summed E-state index contributed by atoms with van der Waals surface area (Å²) in [5, 5.41) is 22.0. The summed E-state index contributed by atoms with van der Waals surface area (Å²) in [5.41, 5.74) is 1.39. The van der Waals surface area contributed by atoms with E-state index in [2.05, 4.69) is 5.32 Å². The van der Waals surface area contributed by atoms with Crippen LogP contribution in [0.25, 0.3) is 0 Å². The zero-order valence-corrected chi connectivity index (χ0v) is 16.8. The summed E-state index contributed by atoms with van der Waals surface area (Å²) >= 11 is 0. The first-order chi connectivity index (χ1) is 15.0. The van der Waals surface area contributed by atoms with E-state index in [1.165, 1.54) is 18.2 Å². The van der Waals surface area contributed by atoms with E-state index in [9.17, 15) is 19.8 Å². The zero-order chi connectivity index (χ0) is 22.1. The first-order valence-electron chi connectivity index (χ1n) is 9.77. The summed E-state index contributed by atoms with van der Waals surface area (Å²) in [5.74, 6) is 0.402. The number of Topliss-reactive ketones (excluding diaryl/α,β-unsaturated/α-hetero) is 1. The molecule has 3 N–H and O–H groups in total. The number of nitrogens with one attached hydrogen (secondary N) is 1. The van der Waals surface area contributed by atoms with Crippen LogP contribution in [0.15, 0.2) is 72.8 Å². The Morgan fingerprint density at radius 2 is 1.61 bits per heavy atom. The number of aryl methyl sites for hydroxylation is 1. The molecule has 0 spiro atoms. The molecule has 0 atom stereocenters. The maximum atomic E-state index is 12.4. The van der Waals surface area contributed by atoms with E-state index in [1.807, 2.05) is 18.2 Å². The van der Waals surface area contributed by atoms with E-state index >= 15 is 0 Å². The minimum absolute atomic E-state index is 0.0561. The Kier molecular flexibility index (Phi) is 7.48. The molecule has 0 saturated carbocycles. The largest absolute Gasteiger partial charge is 0.508 e. The monoisotopic (exact) mass is 421 g/mol. The number of carbonyl (C=O) groups is 2. The maximum absolute atomic E-state index is 12.4. The van der Waals surface area contributed by atoms with Gasteiger partial charge in [-0.25, -0.2) is 4.79 Å². The number of amides is 1. The summed E-state index contributed by atoms with van der Waals surface area (Å²) < 4.78 is 10.5. The number of phenolic OH excluding ortho intramolecular Hbond substituents is 2. The second-order valence-corrected chi connectivity index (χ2v) is 6.74. The number of aromatic hydroxyl groups is 2. The van der Waals surface area contributed by atoms with Crippen molar-refractivity contribution in [1.82, 2.24) is 0 Å². The lowest BCUT2D eigenvalue weighted by molar-refractivity contribution is 0.0980.